The van der Waals surface area contributed by atoms with Crippen LogP contribution in [0, 0.1) is 0 Å². The summed E-state index contributed by atoms with van der Waals surface area (Å²) >= 11 is 0. The van der Waals surface area contributed by atoms with Gasteiger partial charge in [-0.15, -0.1) is 0 Å². The number of hydrogen-bond acceptors (Lipinski definition) is 3. The van der Waals surface area contributed by atoms with Gasteiger partial charge in [-0.3, -0.25) is 9.10 Å². The topological polar surface area (TPSA) is 57.7 Å². The van der Waals surface area contributed by atoms with Gasteiger partial charge in [0.05, 0.1) is 17.5 Å². The van der Waals surface area contributed by atoms with Crippen molar-refractivity contribution in [2.24, 2.45) is 0 Å². The van der Waals surface area contributed by atoms with Gasteiger partial charge in [-0.05, 0) is 43.9 Å². The fourth-order valence-electron chi connectivity index (χ4n) is 3.20. The number of anilines is 1. The second-order valence-electron chi connectivity index (χ2n) is 6.46. The number of alkyl halides is 3. The Kier molecular flexibility index (Phi) is 6.21. The van der Waals surface area contributed by atoms with E-state index < -0.39 is 28.3 Å². The molecule has 0 radical (unpaired) electrons. The molecule has 1 aromatic rings. The van der Waals surface area contributed by atoms with Crippen LogP contribution in [0.3, 0.4) is 0 Å². The van der Waals surface area contributed by atoms with E-state index in [-0.39, 0.29) is 17.6 Å². The molecule has 1 amide bonds. The number of hydrogen-bond donors (Lipinski definition) is 0. The number of likely N-dealkylation sites (tertiary alicyclic amines) is 1. The first-order valence-electron chi connectivity index (χ1n) is 8.48. The maximum atomic E-state index is 12.9. The van der Waals surface area contributed by atoms with Gasteiger partial charge in [-0.1, -0.05) is 13.0 Å². The maximum Gasteiger partial charge on any atom is 0.416 e. The predicted octanol–water partition coefficient (Wildman–Crippen LogP) is 3.26. The highest BCUT2D eigenvalue weighted by atomic mass is 32.2. The van der Waals surface area contributed by atoms with Crippen molar-refractivity contribution < 1.29 is 26.4 Å². The molecular weight excluding hydrogens is 369 g/mol. The van der Waals surface area contributed by atoms with Crippen molar-refractivity contribution >= 4 is 21.6 Å². The third-order valence-electron chi connectivity index (χ3n) is 4.56. The molecule has 0 saturated carbocycles. The Balaban J connectivity index is 2.30. The van der Waals surface area contributed by atoms with E-state index in [1.54, 1.807) is 4.90 Å². The second kappa shape index (κ2) is 7.85. The number of sulfonamides is 1. The quantitative estimate of drug-likeness (QED) is 0.773. The first kappa shape index (κ1) is 20.5. The Labute approximate surface area is 151 Å². The molecule has 1 saturated heterocycles. The fraction of sp³-hybridized carbons (Fsp3) is 0.588. The summed E-state index contributed by atoms with van der Waals surface area (Å²) in [6, 6.07) is 4.05. The van der Waals surface area contributed by atoms with E-state index >= 15 is 0 Å². The van der Waals surface area contributed by atoms with Crippen LogP contribution in [0.4, 0.5) is 18.9 Å². The monoisotopic (exact) mass is 392 g/mol. The van der Waals surface area contributed by atoms with Gasteiger partial charge < -0.3 is 4.90 Å². The second-order valence-corrected chi connectivity index (χ2v) is 8.37. The molecule has 26 heavy (non-hydrogen) atoms. The molecule has 146 valence electrons. The highest BCUT2D eigenvalue weighted by Crippen LogP contribution is 2.32. The summed E-state index contributed by atoms with van der Waals surface area (Å²) < 4.78 is 63.8. The molecule has 2 rings (SSSR count). The van der Waals surface area contributed by atoms with E-state index in [1.165, 1.54) is 6.07 Å². The lowest BCUT2D eigenvalue weighted by molar-refractivity contribution is -0.137. The van der Waals surface area contributed by atoms with Crippen molar-refractivity contribution in [3.05, 3.63) is 29.8 Å². The van der Waals surface area contributed by atoms with Gasteiger partial charge in [-0.25, -0.2) is 8.42 Å². The number of carbonyl (C=O) groups excluding carboxylic acids is 1. The molecule has 1 aliphatic rings. The molecule has 0 aromatic heterocycles. The van der Waals surface area contributed by atoms with Gasteiger partial charge in [0.15, 0.2) is 0 Å². The summed E-state index contributed by atoms with van der Waals surface area (Å²) in [6.45, 7) is 1.99. The van der Waals surface area contributed by atoms with Gasteiger partial charge in [0.1, 0.15) is 6.54 Å². The Morgan fingerprint density at radius 3 is 2.58 bits per heavy atom. The van der Waals surface area contributed by atoms with Crippen molar-refractivity contribution in [1.29, 1.82) is 0 Å². The van der Waals surface area contributed by atoms with Crippen LogP contribution in [0.15, 0.2) is 24.3 Å². The normalized spacial score (nSPS) is 18.7. The molecule has 0 bridgehead atoms. The Bertz CT molecular complexity index is 750. The smallest absolute Gasteiger partial charge is 0.338 e. The lowest BCUT2D eigenvalue weighted by Gasteiger charge is -2.36. The molecule has 1 unspecified atom stereocenters. The number of amides is 1. The predicted molar refractivity (Wildman–Crippen MR) is 93.3 cm³/mol. The van der Waals surface area contributed by atoms with Crippen LogP contribution >= 0.6 is 0 Å². The summed E-state index contributed by atoms with van der Waals surface area (Å²) in [4.78, 5) is 14.3. The zero-order chi connectivity index (χ0) is 19.5. The fourth-order valence-corrected chi connectivity index (χ4v) is 4.05. The minimum absolute atomic E-state index is 0.0409. The van der Waals surface area contributed by atoms with E-state index in [1.807, 2.05) is 6.92 Å². The van der Waals surface area contributed by atoms with Crippen molar-refractivity contribution in [2.45, 2.75) is 44.8 Å². The summed E-state index contributed by atoms with van der Waals surface area (Å²) in [5.74, 6) is -0.389. The molecule has 1 heterocycles. The Morgan fingerprint density at radius 1 is 1.31 bits per heavy atom. The zero-order valence-electron chi connectivity index (χ0n) is 14.8. The Morgan fingerprint density at radius 2 is 2.00 bits per heavy atom. The first-order chi connectivity index (χ1) is 12.0. The van der Waals surface area contributed by atoms with Gasteiger partial charge in [0.2, 0.25) is 15.9 Å². The van der Waals surface area contributed by atoms with Crippen LogP contribution in [-0.2, 0) is 21.0 Å². The van der Waals surface area contributed by atoms with Crippen LogP contribution < -0.4 is 4.31 Å². The third-order valence-corrected chi connectivity index (χ3v) is 5.70. The molecule has 1 aliphatic heterocycles. The number of piperidine rings is 1. The highest BCUT2D eigenvalue weighted by Gasteiger charge is 2.33. The summed E-state index contributed by atoms with van der Waals surface area (Å²) in [7, 11) is -3.92. The van der Waals surface area contributed by atoms with Gasteiger partial charge in [0, 0.05) is 12.6 Å². The minimum atomic E-state index is -4.59. The van der Waals surface area contributed by atoms with E-state index in [0.29, 0.717) is 6.54 Å². The number of nitrogens with zero attached hydrogens (tertiary/aromatic N) is 2. The van der Waals surface area contributed by atoms with Crippen molar-refractivity contribution in [1.82, 2.24) is 4.90 Å². The molecule has 1 aromatic carbocycles. The largest absolute Gasteiger partial charge is 0.416 e. The van der Waals surface area contributed by atoms with Crippen LogP contribution in [0.2, 0.25) is 0 Å². The lowest BCUT2D eigenvalue weighted by atomic mass is 10.00. The average Bonchev–Trinajstić information content (AvgIpc) is 2.57. The molecule has 0 aliphatic carbocycles. The summed E-state index contributed by atoms with van der Waals surface area (Å²) in [5.41, 5.74) is -1.12. The average molecular weight is 392 g/mol. The number of rotatable bonds is 5. The zero-order valence-corrected chi connectivity index (χ0v) is 15.6. The highest BCUT2D eigenvalue weighted by molar-refractivity contribution is 7.92. The van der Waals surface area contributed by atoms with Crippen molar-refractivity contribution in [3.8, 4) is 0 Å². The molecule has 1 atom stereocenters. The van der Waals surface area contributed by atoms with E-state index in [4.69, 9.17) is 0 Å². The van der Waals surface area contributed by atoms with E-state index in [9.17, 15) is 26.4 Å². The maximum absolute atomic E-state index is 12.9. The van der Waals surface area contributed by atoms with Crippen LogP contribution in [0.1, 0.15) is 38.2 Å². The molecule has 9 heteroatoms. The SMILES string of the molecule is CCC1CCCCN1C(=O)CN(c1cccc(C(F)(F)F)c1)S(C)(=O)=O. The minimum Gasteiger partial charge on any atom is -0.338 e. The summed E-state index contributed by atoms with van der Waals surface area (Å²) in [5, 5.41) is 0. The van der Waals surface area contributed by atoms with Crippen molar-refractivity contribution in [2.75, 3.05) is 23.7 Å². The van der Waals surface area contributed by atoms with Crippen LogP contribution in [-0.4, -0.2) is 44.6 Å². The standard InChI is InChI=1S/C17H23F3N2O3S/c1-3-14-8-4-5-10-21(14)16(23)12-22(26(2,24)25)15-9-6-7-13(11-15)17(18,19)20/h6-7,9,11,14H,3-5,8,10,12H2,1-2H3. The van der Waals surface area contributed by atoms with E-state index in [0.717, 1.165) is 54.4 Å². The number of benzene rings is 1. The summed E-state index contributed by atoms with van der Waals surface area (Å²) in [6.07, 6.45) is -0.257. The molecule has 0 spiro atoms. The van der Waals surface area contributed by atoms with Crippen LogP contribution in [0.25, 0.3) is 0 Å². The van der Waals surface area contributed by atoms with Crippen LogP contribution in [0.5, 0.6) is 0 Å². The first-order valence-corrected chi connectivity index (χ1v) is 10.3. The van der Waals surface area contributed by atoms with E-state index in [2.05, 4.69) is 0 Å². The molecule has 1 fully saturated rings. The molecular formula is C17H23F3N2O3S. The Hall–Kier alpha value is -1.77. The third kappa shape index (κ3) is 4.90. The number of halogens is 3. The molecule has 5 nitrogen and oxygen atoms in total. The van der Waals surface area contributed by atoms with Gasteiger partial charge >= 0.3 is 6.18 Å². The molecule has 0 N–H and O–H groups in total. The number of carbonyl (C=O) groups is 1. The van der Waals surface area contributed by atoms with Gasteiger partial charge in [-0.2, -0.15) is 13.2 Å². The lowest BCUT2D eigenvalue weighted by Crippen LogP contribution is -2.49. The van der Waals surface area contributed by atoms with Crippen molar-refractivity contribution in [3.63, 3.8) is 0 Å². The van der Waals surface area contributed by atoms with Gasteiger partial charge in [0.25, 0.3) is 0 Å².